The number of anilines is 4. The molecule has 4 aromatic rings. The van der Waals surface area contributed by atoms with Gasteiger partial charge in [0, 0.05) is 0 Å². The number of fused-ring (bicyclic) bond motifs is 4. The molecule has 1 aromatic heterocycles. The predicted octanol–water partition coefficient (Wildman–Crippen LogP) is 1.32. The summed E-state index contributed by atoms with van der Waals surface area (Å²) in [7, 11) is -17.9. The molecule has 2 heterocycles. The maximum Gasteiger partial charge on any atom is 0.425 e. The van der Waals surface area contributed by atoms with Crippen LogP contribution in [-0.4, -0.2) is 61.5 Å². The molecule has 3 aromatic carbocycles. The predicted molar refractivity (Wildman–Crippen MR) is 129 cm³/mol. The highest BCUT2D eigenvalue weighted by Crippen LogP contribution is 2.49. The highest BCUT2D eigenvalue weighted by Gasteiger charge is 2.36. The summed E-state index contributed by atoms with van der Waals surface area (Å²) < 4.78 is 127. The lowest BCUT2D eigenvalue weighted by Crippen LogP contribution is -2.17. The molecule has 0 unspecified atom stereocenters. The van der Waals surface area contributed by atoms with Crippen molar-refractivity contribution < 1.29 is 51.5 Å². The van der Waals surface area contributed by atoms with Crippen molar-refractivity contribution >= 4 is 85.8 Å². The second-order valence-corrected chi connectivity index (χ2v) is 12.0. The van der Waals surface area contributed by atoms with E-state index in [-0.39, 0.29) is 22.4 Å². The standard InChI is InChI=1S/C18H12N4O9S3.O3S/c23-32(24,25)8-5-6-11-12(7-8)22-16-15(21-11)17(33(26,27)28)13-14(18(16)34(29,30)31)20-10-4-2-1-3-9(10)19-13;1-4(2)3/h1-7,21-22H,(H,23,24,25)(H,26,27,28)(H,29,30,31);. The average molecular weight is 605 g/mol. The lowest BCUT2D eigenvalue weighted by atomic mass is 10.1. The third-order valence-electron chi connectivity index (χ3n) is 5.03. The fourth-order valence-corrected chi connectivity index (χ4v) is 5.79. The van der Waals surface area contributed by atoms with E-state index in [9.17, 15) is 38.9 Å². The maximum atomic E-state index is 12.4. The minimum absolute atomic E-state index is 0.0687. The van der Waals surface area contributed by atoms with Gasteiger partial charge in [-0.25, -0.2) is 9.97 Å². The van der Waals surface area contributed by atoms with Crippen molar-refractivity contribution in [2.24, 2.45) is 0 Å². The first-order chi connectivity index (χ1) is 17.5. The SMILES string of the molecule is O=S(=O)(O)c1ccc2c(c1)Nc1c(c(S(=O)(=O)O)c3nc4ccccc4nc3c1S(=O)(=O)O)N2.O=S(=O)=O. The van der Waals surface area contributed by atoms with Gasteiger partial charge in [0.1, 0.15) is 20.8 Å². The molecule has 200 valence electrons. The second kappa shape index (κ2) is 9.20. The summed E-state index contributed by atoms with van der Waals surface area (Å²) in [4.78, 5) is 6.11. The Morgan fingerprint density at radius 3 is 1.45 bits per heavy atom. The summed E-state index contributed by atoms with van der Waals surface area (Å²) in [6.45, 7) is 0. The Kier molecular flexibility index (Phi) is 6.59. The Morgan fingerprint density at radius 2 is 1.05 bits per heavy atom. The summed E-state index contributed by atoms with van der Waals surface area (Å²) in [5.74, 6) is 0. The van der Waals surface area contributed by atoms with Crippen LogP contribution < -0.4 is 10.6 Å². The fraction of sp³-hybridized carbons (Fsp3) is 0. The lowest BCUT2D eigenvalue weighted by molar-refractivity contribution is 0.480. The van der Waals surface area contributed by atoms with Crippen LogP contribution in [0.3, 0.4) is 0 Å². The molecule has 1 aliphatic rings. The van der Waals surface area contributed by atoms with Crippen LogP contribution in [0.15, 0.2) is 57.2 Å². The molecule has 38 heavy (non-hydrogen) atoms. The van der Waals surface area contributed by atoms with Gasteiger partial charge in [-0.2, -0.15) is 25.3 Å². The third-order valence-corrected chi connectivity index (χ3v) is 7.71. The van der Waals surface area contributed by atoms with E-state index in [2.05, 4.69) is 20.6 Å². The summed E-state index contributed by atoms with van der Waals surface area (Å²) >= 11 is 0. The summed E-state index contributed by atoms with van der Waals surface area (Å²) in [5, 5.41) is 5.19. The smallest absolute Gasteiger partial charge is 0.351 e. The van der Waals surface area contributed by atoms with Crippen molar-refractivity contribution in [2.45, 2.75) is 14.7 Å². The van der Waals surface area contributed by atoms with Crippen molar-refractivity contribution in [1.29, 1.82) is 0 Å². The molecule has 0 amide bonds. The Bertz CT molecular complexity index is 2110. The molecular weight excluding hydrogens is 592 g/mol. The molecule has 0 bridgehead atoms. The number of rotatable bonds is 3. The van der Waals surface area contributed by atoms with E-state index < -0.39 is 78.1 Å². The summed E-state index contributed by atoms with van der Waals surface area (Å²) in [6, 6.07) is 9.26. The Labute approximate surface area is 214 Å². The van der Waals surface area contributed by atoms with Crippen molar-refractivity contribution in [3.63, 3.8) is 0 Å². The van der Waals surface area contributed by atoms with Gasteiger partial charge < -0.3 is 10.6 Å². The van der Waals surface area contributed by atoms with Gasteiger partial charge >= 0.3 is 10.6 Å². The zero-order chi connectivity index (χ0) is 28.2. The van der Waals surface area contributed by atoms with Gasteiger partial charge in [0.2, 0.25) is 0 Å². The van der Waals surface area contributed by atoms with E-state index in [1.807, 2.05) is 0 Å². The molecule has 5 N–H and O–H groups in total. The van der Waals surface area contributed by atoms with Gasteiger partial charge in [0.15, 0.2) is 0 Å². The number of hydrogen-bond donors (Lipinski definition) is 5. The first kappa shape index (κ1) is 27.3. The summed E-state index contributed by atoms with van der Waals surface area (Å²) in [5.41, 5.74) is -1.76. The van der Waals surface area contributed by atoms with Crippen LogP contribution in [0.25, 0.3) is 22.1 Å². The van der Waals surface area contributed by atoms with Crippen LogP contribution in [0.2, 0.25) is 0 Å². The minimum Gasteiger partial charge on any atom is -0.351 e. The first-order valence-electron chi connectivity index (χ1n) is 9.62. The quantitative estimate of drug-likeness (QED) is 0.143. The molecule has 0 saturated heterocycles. The van der Waals surface area contributed by atoms with Gasteiger partial charge in [-0.3, -0.25) is 13.7 Å². The number of para-hydroxylation sites is 2. The van der Waals surface area contributed by atoms with Crippen LogP contribution in [0.4, 0.5) is 22.7 Å². The van der Waals surface area contributed by atoms with Gasteiger partial charge in [0.05, 0.1) is 38.7 Å². The largest absolute Gasteiger partial charge is 0.425 e. The molecular formula is C18H12N4O12S4. The molecule has 1 aliphatic heterocycles. The first-order valence-corrected chi connectivity index (χ1v) is 14.9. The molecule has 5 rings (SSSR count). The zero-order valence-corrected chi connectivity index (χ0v) is 21.4. The van der Waals surface area contributed by atoms with Crippen molar-refractivity contribution in [2.75, 3.05) is 10.6 Å². The van der Waals surface area contributed by atoms with E-state index in [0.717, 1.165) is 12.1 Å². The number of nitrogens with one attached hydrogen (secondary N) is 2. The van der Waals surface area contributed by atoms with Crippen LogP contribution in [0.5, 0.6) is 0 Å². The fourth-order valence-electron chi connectivity index (χ4n) is 3.69. The molecule has 0 fully saturated rings. The van der Waals surface area contributed by atoms with E-state index in [0.29, 0.717) is 0 Å². The summed E-state index contributed by atoms with van der Waals surface area (Å²) in [6.07, 6.45) is 0. The van der Waals surface area contributed by atoms with Crippen molar-refractivity contribution in [3.05, 3.63) is 42.5 Å². The Balaban J connectivity index is 0.000000786. The van der Waals surface area contributed by atoms with Crippen LogP contribution in [-0.2, 0) is 41.0 Å². The third kappa shape index (κ3) is 5.13. The molecule has 0 spiro atoms. The van der Waals surface area contributed by atoms with Gasteiger partial charge in [-0.05, 0) is 30.3 Å². The van der Waals surface area contributed by atoms with E-state index in [1.54, 1.807) is 12.1 Å². The van der Waals surface area contributed by atoms with E-state index in [4.69, 9.17) is 12.6 Å². The van der Waals surface area contributed by atoms with Gasteiger partial charge in [0.25, 0.3) is 30.4 Å². The molecule has 0 radical (unpaired) electrons. The topological polar surface area (TPSA) is 264 Å². The maximum absolute atomic E-state index is 12.4. The number of nitrogens with zero attached hydrogens (tertiary/aromatic N) is 2. The molecule has 0 aliphatic carbocycles. The molecule has 16 nitrogen and oxygen atoms in total. The average Bonchev–Trinajstić information content (AvgIpc) is 2.76. The molecule has 0 atom stereocenters. The zero-order valence-electron chi connectivity index (χ0n) is 18.1. The van der Waals surface area contributed by atoms with Gasteiger partial charge in [-0.15, -0.1) is 12.6 Å². The lowest BCUT2D eigenvalue weighted by Gasteiger charge is -2.27. The van der Waals surface area contributed by atoms with Crippen molar-refractivity contribution in [1.82, 2.24) is 9.97 Å². The van der Waals surface area contributed by atoms with E-state index >= 15 is 0 Å². The highest BCUT2D eigenvalue weighted by atomic mass is 32.2. The molecule has 20 heteroatoms. The van der Waals surface area contributed by atoms with Crippen LogP contribution in [0, 0.1) is 0 Å². The van der Waals surface area contributed by atoms with Crippen LogP contribution in [0.1, 0.15) is 0 Å². The van der Waals surface area contributed by atoms with E-state index in [1.165, 1.54) is 18.2 Å². The monoisotopic (exact) mass is 604 g/mol. The second-order valence-electron chi connectivity index (χ2n) is 7.40. The number of hydrogen-bond acceptors (Lipinski definition) is 13. The minimum atomic E-state index is -5.09. The Morgan fingerprint density at radius 1 is 0.632 bits per heavy atom. The van der Waals surface area contributed by atoms with Crippen molar-refractivity contribution in [3.8, 4) is 0 Å². The number of aromatic nitrogens is 2. The molecule has 0 saturated carbocycles. The van der Waals surface area contributed by atoms with Gasteiger partial charge in [-0.1, -0.05) is 12.1 Å². The normalized spacial score (nSPS) is 12.9. The van der Waals surface area contributed by atoms with Crippen LogP contribution >= 0.6 is 0 Å². The number of benzene rings is 3. The highest BCUT2D eigenvalue weighted by molar-refractivity contribution is 7.87. The Hall–Kier alpha value is -3.79.